The lowest BCUT2D eigenvalue weighted by molar-refractivity contribution is -0.127. The minimum Gasteiger partial charge on any atom is -0.479 e. The Morgan fingerprint density at radius 2 is 2.35 bits per heavy atom. The number of nitrogens with two attached hydrogens (primary N) is 1. The molecule has 0 radical (unpaired) electrons. The summed E-state index contributed by atoms with van der Waals surface area (Å²) >= 11 is 5.77. The maximum Gasteiger partial charge on any atom is 0.260 e. The summed E-state index contributed by atoms with van der Waals surface area (Å²) in [5.74, 6) is -0.484. The smallest absolute Gasteiger partial charge is 0.260 e. The molecule has 0 aromatic heterocycles. The van der Waals surface area contributed by atoms with Crippen LogP contribution in [0.3, 0.4) is 0 Å². The highest BCUT2D eigenvalue weighted by atomic mass is 35.5. The van der Waals surface area contributed by atoms with E-state index in [1.807, 2.05) is 0 Å². The molecule has 0 aliphatic carbocycles. The quantitative estimate of drug-likeness (QED) is 0.839. The number of carbonyl (C=O) groups is 1. The zero-order valence-corrected chi connectivity index (χ0v) is 10.1. The van der Waals surface area contributed by atoms with E-state index in [9.17, 15) is 9.18 Å². The van der Waals surface area contributed by atoms with Crippen LogP contribution in [0, 0.1) is 5.82 Å². The molecule has 0 heterocycles. The molecule has 1 amide bonds. The van der Waals surface area contributed by atoms with Crippen molar-refractivity contribution in [2.24, 2.45) is 5.73 Å². The number of rotatable bonds is 5. The first-order valence-electron chi connectivity index (χ1n) is 5.14. The van der Waals surface area contributed by atoms with Crippen molar-refractivity contribution in [2.75, 3.05) is 13.1 Å². The average molecular weight is 261 g/mol. The second-order valence-electron chi connectivity index (χ2n) is 3.41. The third-order valence-electron chi connectivity index (χ3n) is 2.01. The van der Waals surface area contributed by atoms with Gasteiger partial charge in [0.2, 0.25) is 0 Å². The monoisotopic (exact) mass is 260 g/mol. The van der Waals surface area contributed by atoms with E-state index < -0.39 is 11.9 Å². The Morgan fingerprint density at radius 1 is 1.65 bits per heavy atom. The van der Waals surface area contributed by atoms with Gasteiger partial charge in [-0.15, -0.1) is 0 Å². The fourth-order valence-corrected chi connectivity index (χ4v) is 1.37. The van der Waals surface area contributed by atoms with Crippen molar-refractivity contribution in [1.29, 1.82) is 0 Å². The van der Waals surface area contributed by atoms with Gasteiger partial charge >= 0.3 is 0 Å². The number of benzene rings is 1. The topological polar surface area (TPSA) is 64.3 Å². The summed E-state index contributed by atoms with van der Waals surface area (Å²) in [6.07, 6.45) is -0.718. The van der Waals surface area contributed by atoms with E-state index in [0.717, 1.165) is 6.07 Å². The molecule has 0 saturated heterocycles. The Hall–Kier alpha value is -1.33. The molecule has 0 aliphatic rings. The van der Waals surface area contributed by atoms with Gasteiger partial charge in [0.15, 0.2) is 6.10 Å². The van der Waals surface area contributed by atoms with Crippen LogP contribution in [-0.2, 0) is 4.79 Å². The molecule has 94 valence electrons. The summed E-state index contributed by atoms with van der Waals surface area (Å²) in [4.78, 5) is 11.5. The Labute approximate surface area is 104 Å². The van der Waals surface area contributed by atoms with Crippen LogP contribution < -0.4 is 15.8 Å². The maximum absolute atomic E-state index is 12.8. The number of amides is 1. The molecule has 4 nitrogen and oxygen atoms in total. The van der Waals surface area contributed by atoms with Crippen LogP contribution in [0.25, 0.3) is 0 Å². The van der Waals surface area contributed by atoms with E-state index >= 15 is 0 Å². The number of carbonyl (C=O) groups excluding carboxylic acids is 1. The first-order valence-corrected chi connectivity index (χ1v) is 5.52. The molecule has 3 N–H and O–H groups in total. The molecule has 1 rings (SSSR count). The molecule has 0 bridgehead atoms. The Kier molecular flexibility index (Phi) is 5.18. The standard InChI is InChI=1S/C11H14ClFN2O2/c1-7(11(16)15-5-4-14)17-10-3-2-8(13)6-9(10)12/h2-3,6-7H,4-5,14H2,1H3,(H,15,16). The van der Waals surface area contributed by atoms with Crippen molar-refractivity contribution < 1.29 is 13.9 Å². The third kappa shape index (κ3) is 4.20. The Morgan fingerprint density at radius 3 is 2.94 bits per heavy atom. The lowest BCUT2D eigenvalue weighted by Gasteiger charge is -2.15. The zero-order valence-electron chi connectivity index (χ0n) is 9.37. The van der Waals surface area contributed by atoms with Crippen molar-refractivity contribution >= 4 is 17.5 Å². The van der Waals surface area contributed by atoms with Gasteiger partial charge in [0.1, 0.15) is 11.6 Å². The lowest BCUT2D eigenvalue weighted by atomic mass is 10.3. The minimum absolute atomic E-state index is 0.128. The van der Waals surface area contributed by atoms with Gasteiger partial charge in [0.05, 0.1) is 5.02 Å². The minimum atomic E-state index is -0.718. The number of halogens is 2. The van der Waals surface area contributed by atoms with Crippen molar-refractivity contribution in [3.8, 4) is 5.75 Å². The van der Waals surface area contributed by atoms with E-state index in [0.29, 0.717) is 13.1 Å². The van der Waals surface area contributed by atoms with Crippen LogP contribution >= 0.6 is 11.6 Å². The molecular formula is C11H14ClFN2O2. The first-order chi connectivity index (χ1) is 8.04. The average Bonchev–Trinajstić information content (AvgIpc) is 2.29. The molecule has 0 saturated carbocycles. The molecule has 6 heteroatoms. The summed E-state index contributed by atoms with van der Waals surface area (Å²) in [5, 5.41) is 2.71. The second-order valence-corrected chi connectivity index (χ2v) is 3.82. The van der Waals surface area contributed by atoms with Crippen molar-refractivity contribution in [1.82, 2.24) is 5.32 Å². The maximum atomic E-state index is 12.8. The summed E-state index contributed by atoms with van der Waals surface area (Å²) in [7, 11) is 0. The predicted molar refractivity (Wildman–Crippen MR) is 63.6 cm³/mol. The first kappa shape index (κ1) is 13.7. The van der Waals surface area contributed by atoms with Crippen LogP contribution in [0.4, 0.5) is 4.39 Å². The van der Waals surface area contributed by atoms with Gasteiger partial charge in [-0.3, -0.25) is 4.79 Å². The molecule has 0 aliphatic heterocycles. The van der Waals surface area contributed by atoms with Crippen LogP contribution in [0.15, 0.2) is 18.2 Å². The summed E-state index contributed by atoms with van der Waals surface area (Å²) in [6.45, 7) is 2.31. The fraction of sp³-hybridized carbons (Fsp3) is 0.364. The predicted octanol–water partition coefficient (Wildman–Crippen LogP) is 1.32. The molecule has 0 fully saturated rings. The van der Waals surface area contributed by atoms with E-state index in [2.05, 4.69) is 5.32 Å². The number of hydrogen-bond acceptors (Lipinski definition) is 3. The summed E-state index contributed by atoms with van der Waals surface area (Å²) < 4.78 is 18.1. The molecule has 17 heavy (non-hydrogen) atoms. The third-order valence-corrected chi connectivity index (χ3v) is 2.31. The van der Waals surface area contributed by atoms with Gasteiger partial charge < -0.3 is 15.8 Å². The number of hydrogen-bond donors (Lipinski definition) is 2. The van der Waals surface area contributed by atoms with Crippen LogP contribution in [-0.4, -0.2) is 25.1 Å². The van der Waals surface area contributed by atoms with E-state index in [1.54, 1.807) is 6.92 Å². The number of ether oxygens (including phenoxy) is 1. The normalized spacial score (nSPS) is 12.0. The van der Waals surface area contributed by atoms with Crippen LogP contribution in [0.2, 0.25) is 5.02 Å². The van der Waals surface area contributed by atoms with Gasteiger partial charge in [0, 0.05) is 13.1 Å². The van der Waals surface area contributed by atoms with E-state index in [-0.39, 0.29) is 16.7 Å². The molecule has 1 atom stereocenters. The highest BCUT2D eigenvalue weighted by Gasteiger charge is 2.15. The van der Waals surface area contributed by atoms with Gasteiger partial charge in [-0.25, -0.2) is 4.39 Å². The summed E-state index contributed by atoms with van der Waals surface area (Å²) in [6, 6.07) is 3.72. The van der Waals surface area contributed by atoms with Gasteiger partial charge in [-0.1, -0.05) is 11.6 Å². The van der Waals surface area contributed by atoms with Crippen molar-refractivity contribution in [2.45, 2.75) is 13.0 Å². The van der Waals surface area contributed by atoms with Gasteiger partial charge in [-0.05, 0) is 25.1 Å². The van der Waals surface area contributed by atoms with E-state index in [1.165, 1.54) is 12.1 Å². The zero-order chi connectivity index (χ0) is 12.8. The lowest BCUT2D eigenvalue weighted by Crippen LogP contribution is -2.38. The highest BCUT2D eigenvalue weighted by molar-refractivity contribution is 6.32. The number of nitrogens with one attached hydrogen (secondary N) is 1. The van der Waals surface area contributed by atoms with Crippen LogP contribution in [0.1, 0.15) is 6.92 Å². The van der Waals surface area contributed by atoms with Crippen molar-refractivity contribution in [3.05, 3.63) is 29.0 Å². The van der Waals surface area contributed by atoms with Gasteiger partial charge in [0.25, 0.3) is 5.91 Å². The molecule has 0 spiro atoms. The van der Waals surface area contributed by atoms with Crippen molar-refractivity contribution in [3.63, 3.8) is 0 Å². The Balaban J connectivity index is 2.61. The van der Waals surface area contributed by atoms with E-state index in [4.69, 9.17) is 22.1 Å². The fourth-order valence-electron chi connectivity index (χ4n) is 1.15. The Bertz CT molecular complexity index is 401. The molecule has 1 aromatic carbocycles. The van der Waals surface area contributed by atoms with Gasteiger partial charge in [-0.2, -0.15) is 0 Å². The second kappa shape index (κ2) is 6.42. The molecular weight excluding hydrogens is 247 g/mol. The molecule has 1 aromatic rings. The highest BCUT2D eigenvalue weighted by Crippen LogP contribution is 2.25. The molecule has 1 unspecified atom stereocenters. The largest absolute Gasteiger partial charge is 0.479 e. The summed E-state index contributed by atoms with van der Waals surface area (Å²) in [5.41, 5.74) is 5.25. The SMILES string of the molecule is CC(Oc1ccc(F)cc1Cl)C(=O)NCCN. The van der Waals surface area contributed by atoms with Crippen LogP contribution in [0.5, 0.6) is 5.75 Å².